The first kappa shape index (κ1) is 61.7. The van der Waals surface area contributed by atoms with E-state index in [1.807, 2.05) is 76.5 Å². The Balaban J connectivity index is 0.000000150. The van der Waals surface area contributed by atoms with Gasteiger partial charge in [-0.25, -0.2) is 44.9 Å². The summed E-state index contributed by atoms with van der Waals surface area (Å²) >= 11 is 9.06. The Morgan fingerprint density at radius 3 is 1.55 bits per heavy atom. The predicted molar refractivity (Wildman–Crippen MR) is 307 cm³/mol. The van der Waals surface area contributed by atoms with Crippen LogP contribution in [0.4, 0.5) is 55.4 Å². The van der Waals surface area contributed by atoms with Crippen molar-refractivity contribution in [3.05, 3.63) is 162 Å². The summed E-state index contributed by atoms with van der Waals surface area (Å²) in [6.45, 7) is 0.334. The number of nitrogens with zero attached hydrogens (tertiary/aromatic N) is 20. The van der Waals surface area contributed by atoms with E-state index in [9.17, 15) is 26.3 Å². The summed E-state index contributed by atoms with van der Waals surface area (Å²) in [7, 11) is 9.02. The molecule has 36 heteroatoms. The predicted octanol–water partition coefficient (Wildman–Crippen LogP) is 10.7. The first-order valence-corrected chi connectivity index (χ1v) is 27.3. The second-order valence-corrected chi connectivity index (χ2v) is 20.3. The Kier molecular flexibility index (Phi) is 20.5. The molecule has 433 valence electrons. The molecular formula is C49H38BBr2F6N22O3S2. The average Bonchev–Trinajstić information content (AvgIpc) is 4.15. The van der Waals surface area contributed by atoms with Gasteiger partial charge in [0.25, 0.3) is 0 Å². The molecule has 0 unspecified atom stereocenters. The number of thiophene rings is 2. The molecule has 0 saturated carbocycles. The van der Waals surface area contributed by atoms with E-state index in [2.05, 4.69) is 134 Å². The van der Waals surface area contributed by atoms with Crippen LogP contribution in [0, 0.1) is 0 Å². The van der Waals surface area contributed by atoms with Crippen molar-refractivity contribution < 1.29 is 40.1 Å². The third-order valence-corrected chi connectivity index (χ3v) is 14.2. The van der Waals surface area contributed by atoms with Crippen LogP contribution in [0.15, 0.2) is 149 Å². The topological polar surface area (TPSA) is 306 Å². The zero-order valence-corrected chi connectivity index (χ0v) is 48.6. The van der Waals surface area contributed by atoms with Crippen LogP contribution < -0.4 is 16.0 Å². The van der Waals surface area contributed by atoms with Crippen LogP contribution >= 0.6 is 54.5 Å². The van der Waals surface area contributed by atoms with Gasteiger partial charge in [-0.15, -0.1) is 22.7 Å². The first-order valence-electron chi connectivity index (χ1n) is 23.8. The Bertz CT molecular complexity index is 4230. The molecular weight excluding hydrogens is 1290 g/mol. The van der Waals surface area contributed by atoms with Gasteiger partial charge >= 0.3 is 36.6 Å². The molecule has 1 radical (unpaired) electrons. The number of halogens is 8. The van der Waals surface area contributed by atoms with E-state index in [1.54, 1.807) is 92.4 Å². The van der Waals surface area contributed by atoms with E-state index >= 15 is 0 Å². The summed E-state index contributed by atoms with van der Waals surface area (Å²) < 4.78 is 97.5. The van der Waals surface area contributed by atoms with Gasteiger partial charge in [0, 0.05) is 92.0 Å². The molecule has 0 atom stereocenters. The van der Waals surface area contributed by atoms with Gasteiger partial charge < -0.3 is 38.7 Å². The van der Waals surface area contributed by atoms with Crippen molar-refractivity contribution in [2.45, 2.75) is 24.2 Å². The number of nitrogens with two attached hydrogens (primary N) is 1. The van der Waals surface area contributed by atoms with Crippen molar-refractivity contribution in [1.29, 1.82) is 0 Å². The van der Waals surface area contributed by atoms with Crippen LogP contribution in [-0.4, -0.2) is 102 Å². The summed E-state index contributed by atoms with van der Waals surface area (Å²) in [4.78, 5) is 61.7. The number of fused-ring (bicyclic) bond motifs is 3. The summed E-state index contributed by atoms with van der Waals surface area (Å²) in [5.74, 6) is 0.00816. The van der Waals surface area contributed by atoms with Crippen molar-refractivity contribution in [3.63, 3.8) is 0 Å². The fourth-order valence-electron chi connectivity index (χ4n) is 6.96. The van der Waals surface area contributed by atoms with E-state index in [1.165, 1.54) is 28.9 Å². The maximum atomic E-state index is 12.8. The molecule has 0 aliphatic carbocycles. The number of hydrogen-bond acceptors (Lipinski definition) is 24. The first-order chi connectivity index (χ1) is 40.9. The zero-order valence-electron chi connectivity index (χ0n) is 43.8. The number of alkyl halides is 7. The van der Waals surface area contributed by atoms with Gasteiger partial charge in [0.15, 0.2) is 34.4 Å². The van der Waals surface area contributed by atoms with Gasteiger partial charge in [-0.3, -0.25) is 15.0 Å². The summed E-state index contributed by atoms with van der Waals surface area (Å²) in [5, 5.41) is 10.4. The zero-order chi connectivity index (χ0) is 60.7. The molecule has 0 aromatic carbocycles. The Hall–Kier alpha value is -9.42. The molecule has 0 bridgehead atoms. The van der Waals surface area contributed by atoms with Gasteiger partial charge in [0.1, 0.15) is 32.8 Å². The molecule has 0 spiro atoms. The van der Waals surface area contributed by atoms with Crippen LogP contribution in [0.3, 0.4) is 0 Å². The quantitative estimate of drug-likeness (QED) is 0.0770. The van der Waals surface area contributed by atoms with Gasteiger partial charge in [-0.05, 0) is 58.4 Å². The van der Waals surface area contributed by atoms with Gasteiger partial charge in [-0.2, -0.15) is 36.3 Å². The Morgan fingerprint density at radius 2 is 1.07 bits per heavy atom. The number of rotatable bonds is 9. The summed E-state index contributed by atoms with van der Waals surface area (Å²) in [6.07, 6.45) is 15.7. The third kappa shape index (κ3) is 16.4. The molecule has 0 saturated heterocycles. The van der Waals surface area contributed by atoms with Crippen molar-refractivity contribution in [1.82, 2.24) is 93.8 Å². The number of anilines is 5. The number of aromatic nitrogens is 19. The van der Waals surface area contributed by atoms with Gasteiger partial charge in [0.05, 0.1) is 53.5 Å². The van der Waals surface area contributed by atoms with Crippen LogP contribution in [-0.2, 0) is 50.1 Å². The molecule has 0 aliphatic rings. The maximum absolute atomic E-state index is 12.8. The van der Waals surface area contributed by atoms with Crippen LogP contribution in [0.25, 0.3) is 54.9 Å². The van der Waals surface area contributed by atoms with Crippen LogP contribution in [0.1, 0.15) is 21.5 Å². The Morgan fingerprint density at radius 1 is 0.565 bits per heavy atom. The minimum absolute atomic E-state index is 0.0375. The van der Waals surface area contributed by atoms with Gasteiger partial charge in [0.2, 0.25) is 11.6 Å². The van der Waals surface area contributed by atoms with Crippen LogP contribution in [0.2, 0.25) is 0 Å². The van der Waals surface area contributed by atoms with Crippen molar-refractivity contribution in [2.24, 2.45) is 21.1 Å². The average molecular weight is 1330 g/mol. The monoisotopic (exact) mass is 1330 g/mol. The Labute approximate surface area is 500 Å². The van der Waals surface area contributed by atoms with E-state index in [0.29, 0.717) is 50.7 Å². The third-order valence-electron chi connectivity index (χ3n) is 10.7. The molecule has 13 aromatic rings. The second kappa shape index (κ2) is 28.2. The molecule has 13 aromatic heterocycles. The van der Waals surface area contributed by atoms with Crippen molar-refractivity contribution in [2.75, 3.05) is 16.0 Å². The number of nitrogens with one attached hydrogen (secondary N) is 1. The molecule has 3 N–H and O–H groups in total. The second-order valence-electron chi connectivity index (χ2n) is 16.6. The summed E-state index contributed by atoms with van der Waals surface area (Å²) in [5.41, 5.74) is 10.2. The minimum atomic E-state index is -4.69. The molecule has 0 amide bonds. The van der Waals surface area contributed by atoms with E-state index in [4.69, 9.17) is 10.4 Å². The van der Waals surface area contributed by atoms with Gasteiger partial charge in [-0.1, -0.05) is 26.2 Å². The summed E-state index contributed by atoms with van der Waals surface area (Å²) in [6, 6.07) is 12.6. The van der Waals surface area contributed by atoms with Crippen molar-refractivity contribution in [3.8, 4) is 21.4 Å². The molecule has 13 rings (SSSR count). The number of nitrogen functional groups attached to an aromatic ring is 1. The standard InChI is InChI=1S/C19H13F3N8OS.C11H10N6.C8H4BrF3N2OS.C7H6BrN3.C4H5N3.BO/c1-29-7-4-12-17(29)25-9-15(26-12)30(14-8-23-5-6-24-14)10-11-2-3-13(32-11)16-27-18(31-28-16)19(20,21)22;1-17-5-2-8-11(17)14-7-10(15-8)16-9-6-12-3-4-13-9;9-3-4-1-2-5(16-4)6-13-7(15-14-6)8(10,11)12;1-11-3-2-5-7(11)9-4-6(8)10-5;5-4-3-6-1-2-7-4;1-2/h2-9H,10H2,1H3;2-7H,1H3,(H,13,15,16);1-2H,3H2;2-4H,1H3;1-3H,(H2,5,7);. The van der Waals surface area contributed by atoms with E-state index in [0.717, 1.165) is 47.8 Å². The normalized spacial score (nSPS) is 11.0. The number of hydrogen-bond donors (Lipinski definition) is 2. The molecule has 25 nitrogen and oxygen atoms in total. The molecule has 13 heterocycles. The molecule has 0 aliphatic heterocycles. The molecule has 85 heavy (non-hydrogen) atoms. The fraction of sp³-hybridized carbons (Fsp3) is 0.143. The van der Waals surface area contributed by atoms with E-state index in [-0.39, 0.29) is 11.6 Å². The van der Waals surface area contributed by atoms with Crippen LogP contribution in [0.5, 0.6) is 0 Å². The number of aryl methyl sites for hydroxylation is 3. The van der Waals surface area contributed by atoms with Crippen molar-refractivity contribution >= 4 is 125 Å². The fourth-order valence-corrected chi connectivity index (χ4v) is 9.49. The molecule has 0 fully saturated rings. The van der Waals surface area contributed by atoms with E-state index < -0.39 is 24.1 Å². The SMILES string of the molecule is Cn1ccc2nc(Br)cnc21.Cn1ccc2nc(N(Cc3ccc(-c4noc(C(F)(F)F)n4)s3)c3cnccn3)cnc21.Cn1ccc2nc(Nc3cnccn3)cnc21.FC(F)(F)c1nc(-c2ccc(CBr)s2)no1.Nc1cnccn1.[B]=O.